The molecule has 2 aliphatic heterocycles. The summed E-state index contributed by atoms with van der Waals surface area (Å²) in [6.07, 6.45) is 4.46. The van der Waals surface area contributed by atoms with Crippen LogP contribution in [0, 0.1) is 12.8 Å². The Balaban J connectivity index is 1.49. The topological polar surface area (TPSA) is 61.5 Å². The molecule has 0 saturated carbocycles. The monoisotopic (exact) mass is 320 g/mol. The van der Waals surface area contributed by atoms with E-state index in [1.807, 2.05) is 11.8 Å². The first-order chi connectivity index (χ1) is 11.0. The van der Waals surface area contributed by atoms with Crippen LogP contribution in [0.2, 0.25) is 0 Å². The second-order valence-electron chi connectivity index (χ2n) is 7.12. The zero-order valence-electron chi connectivity index (χ0n) is 14.4. The normalized spacial score (nSPS) is 27.3. The van der Waals surface area contributed by atoms with E-state index in [0.717, 1.165) is 51.3 Å². The van der Waals surface area contributed by atoms with Crippen molar-refractivity contribution >= 4 is 5.91 Å². The van der Waals surface area contributed by atoms with Crippen LogP contribution in [0.4, 0.5) is 0 Å². The van der Waals surface area contributed by atoms with Crippen molar-refractivity contribution in [2.45, 2.75) is 45.8 Å². The molecule has 1 amide bonds. The maximum absolute atomic E-state index is 12.5. The molecule has 0 radical (unpaired) electrons. The number of H-pyrrole nitrogens is 1. The van der Waals surface area contributed by atoms with Gasteiger partial charge in [-0.2, -0.15) is 5.10 Å². The molecule has 1 aromatic heterocycles. The molecular weight excluding hydrogens is 292 g/mol. The zero-order valence-corrected chi connectivity index (χ0v) is 14.4. The highest BCUT2D eigenvalue weighted by Crippen LogP contribution is 2.22. The second kappa shape index (κ2) is 7.01. The molecule has 23 heavy (non-hydrogen) atoms. The van der Waals surface area contributed by atoms with Crippen LogP contribution in [0.5, 0.6) is 0 Å². The van der Waals surface area contributed by atoms with E-state index in [1.165, 1.54) is 0 Å². The lowest BCUT2D eigenvalue weighted by atomic mass is 9.95. The van der Waals surface area contributed by atoms with E-state index in [0.29, 0.717) is 23.7 Å². The number of rotatable bonds is 3. The molecule has 0 spiro atoms. The number of aromatic amines is 1. The average Bonchev–Trinajstić information content (AvgIpc) is 2.92. The van der Waals surface area contributed by atoms with E-state index >= 15 is 0 Å². The molecule has 0 aliphatic carbocycles. The van der Waals surface area contributed by atoms with Gasteiger partial charge in [0.05, 0.1) is 24.0 Å². The maximum Gasteiger partial charge on any atom is 0.257 e. The number of nitrogens with one attached hydrogen (secondary N) is 1. The Hall–Kier alpha value is -1.40. The Morgan fingerprint density at radius 1 is 1.30 bits per heavy atom. The molecule has 2 fully saturated rings. The summed E-state index contributed by atoms with van der Waals surface area (Å²) in [6, 6.07) is 0. The Bertz CT molecular complexity index is 526. The third-order valence-corrected chi connectivity index (χ3v) is 4.97. The van der Waals surface area contributed by atoms with Crippen LogP contribution < -0.4 is 0 Å². The SMILES string of the molecule is Cc1[nH]ncc1C(=O)N1CCC(CN2CC(C)OC(C)C2)CC1. The smallest absolute Gasteiger partial charge is 0.257 e. The summed E-state index contributed by atoms with van der Waals surface area (Å²) in [6.45, 7) is 11.1. The third kappa shape index (κ3) is 3.93. The van der Waals surface area contributed by atoms with Gasteiger partial charge < -0.3 is 9.64 Å². The van der Waals surface area contributed by atoms with Crippen molar-refractivity contribution in [2.75, 3.05) is 32.7 Å². The zero-order chi connectivity index (χ0) is 16.4. The molecule has 3 heterocycles. The average molecular weight is 320 g/mol. The van der Waals surface area contributed by atoms with Crippen LogP contribution in [0.3, 0.4) is 0 Å². The van der Waals surface area contributed by atoms with E-state index in [-0.39, 0.29) is 5.91 Å². The van der Waals surface area contributed by atoms with Gasteiger partial charge in [-0.1, -0.05) is 0 Å². The number of aryl methyl sites for hydroxylation is 1. The summed E-state index contributed by atoms with van der Waals surface area (Å²) in [5.41, 5.74) is 1.56. The number of nitrogens with zero attached hydrogens (tertiary/aromatic N) is 3. The summed E-state index contributed by atoms with van der Waals surface area (Å²) in [5, 5.41) is 6.80. The number of hydrogen-bond donors (Lipinski definition) is 1. The van der Waals surface area contributed by atoms with Gasteiger partial charge in [-0.25, -0.2) is 0 Å². The largest absolute Gasteiger partial charge is 0.373 e. The molecule has 0 aromatic carbocycles. The van der Waals surface area contributed by atoms with Gasteiger partial charge in [0.25, 0.3) is 5.91 Å². The number of morpholine rings is 1. The molecule has 1 aromatic rings. The van der Waals surface area contributed by atoms with Gasteiger partial charge in [0, 0.05) is 38.4 Å². The van der Waals surface area contributed by atoms with E-state index in [2.05, 4.69) is 28.9 Å². The maximum atomic E-state index is 12.5. The molecule has 2 unspecified atom stereocenters. The van der Waals surface area contributed by atoms with E-state index in [9.17, 15) is 4.79 Å². The van der Waals surface area contributed by atoms with E-state index in [1.54, 1.807) is 6.20 Å². The van der Waals surface area contributed by atoms with Gasteiger partial charge in [0.1, 0.15) is 0 Å². The van der Waals surface area contributed by atoms with Crippen LogP contribution in [0.25, 0.3) is 0 Å². The van der Waals surface area contributed by atoms with Crippen molar-refractivity contribution in [1.82, 2.24) is 20.0 Å². The number of likely N-dealkylation sites (tertiary alicyclic amines) is 1. The highest BCUT2D eigenvalue weighted by molar-refractivity contribution is 5.95. The number of carbonyl (C=O) groups is 1. The fourth-order valence-electron chi connectivity index (χ4n) is 3.85. The number of carbonyl (C=O) groups excluding carboxylic acids is 1. The predicted molar refractivity (Wildman–Crippen MR) is 88.4 cm³/mol. The standard InChI is InChI=1S/C17H28N4O2/c1-12-9-20(10-13(2)23-12)11-15-4-6-21(7-5-15)17(22)16-8-18-19-14(16)3/h8,12-13,15H,4-7,9-11H2,1-3H3,(H,18,19). The Morgan fingerprint density at radius 2 is 1.96 bits per heavy atom. The van der Waals surface area contributed by atoms with Crippen molar-refractivity contribution < 1.29 is 9.53 Å². The van der Waals surface area contributed by atoms with Crippen LogP contribution in [-0.4, -0.2) is 70.8 Å². The van der Waals surface area contributed by atoms with Crippen molar-refractivity contribution in [3.05, 3.63) is 17.5 Å². The summed E-state index contributed by atoms with van der Waals surface area (Å²) in [5.74, 6) is 0.797. The fraction of sp³-hybridized carbons (Fsp3) is 0.765. The predicted octanol–water partition coefficient (Wildman–Crippen LogP) is 1.68. The number of amides is 1. The highest BCUT2D eigenvalue weighted by atomic mass is 16.5. The third-order valence-electron chi connectivity index (χ3n) is 4.97. The molecular formula is C17H28N4O2. The summed E-state index contributed by atoms with van der Waals surface area (Å²) in [7, 11) is 0. The molecule has 0 bridgehead atoms. The summed E-state index contributed by atoms with van der Waals surface area (Å²) < 4.78 is 5.80. The summed E-state index contributed by atoms with van der Waals surface area (Å²) >= 11 is 0. The van der Waals surface area contributed by atoms with Crippen LogP contribution in [-0.2, 0) is 4.74 Å². The Kier molecular flexibility index (Phi) is 5.02. The molecule has 3 rings (SSSR count). The van der Waals surface area contributed by atoms with Crippen LogP contribution in [0.1, 0.15) is 42.7 Å². The minimum absolute atomic E-state index is 0.114. The quantitative estimate of drug-likeness (QED) is 0.920. The Morgan fingerprint density at radius 3 is 2.52 bits per heavy atom. The van der Waals surface area contributed by atoms with Gasteiger partial charge in [0.2, 0.25) is 0 Å². The van der Waals surface area contributed by atoms with E-state index in [4.69, 9.17) is 4.74 Å². The fourth-order valence-corrected chi connectivity index (χ4v) is 3.85. The van der Waals surface area contributed by atoms with Crippen molar-refractivity contribution in [2.24, 2.45) is 5.92 Å². The number of piperidine rings is 1. The number of hydrogen-bond acceptors (Lipinski definition) is 4. The number of ether oxygens (including phenoxy) is 1. The molecule has 2 aliphatic rings. The highest BCUT2D eigenvalue weighted by Gasteiger charge is 2.28. The molecule has 6 nitrogen and oxygen atoms in total. The molecule has 6 heteroatoms. The van der Waals surface area contributed by atoms with Crippen LogP contribution in [0.15, 0.2) is 6.20 Å². The first kappa shape index (κ1) is 16.5. The van der Waals surface area contributed by atoms with Gasteiger partial charge in [-0.05, 0) is 39.5 Å². The lowest BCUT2D eigenvalue weighted by Gasteiger charge is -2.39. The second-order valence-corrected chi connectivity index (χ2v) is 7.12. The van der Waals surface area contributed by atoms with Gasteiger partial charge in [-0.15, -0.1) is 0 Å². The Labute approximate surface area is 138 Å². The van der Waals surface area contributed by atoms with Crippen molar-refractivity contribution in [1.29, 1.82) is 0 Å². The molecule has 2 saturated heterocycles. The van der Waals surface area contributed by atoms with Crippen LogP contribution >= 0.6 is 0 Å². The van der Waals surface area contributed by atoms with Gasteiger partial charge >= 0.3 is 0 Å². The molecule has 2 atom stereocenters. The summed E-state index contributed by atoms with van der Waals surface area (Å²) in [4.78, 5) is 17.0. The van der Waals surface area contributed by atoms with Crippen molar-refractivity contribution in [3.63, 3.8) is 0 Å². The van der Waals surface area contributed by atoms with E-state index < -0.39 is 0 Å². The minimum atomic E-state index is 0.114. The van der Waals surface area contributed by atoms with Gasteiger partial charge in [-0.3, -0.25) is 14.8 Å². The minimum Gasteiger partial charge on any atom is -0.373 e. The molecule has 128 valence electrons. The first-order valence-corrected chi connectivity index (χ1v) is 8.70. The van der Waals surface area contributed by atoms with Gasteiger partial charge in [0.15, 0.2) is 0 Å². The number of aromatic nitrogens is 2. The van der Waals surface area contributed by atoms with Crippen molar-refractivity contribution in [3.8, 4) is 0 Å². The lowest BCUT2D eigenvalue weighted by Crippen LogP contribution is -2.48. The lowest BCUT2D eigenvalue weighted by molar-refractivity contribution is -0.0728. The first-order valence-electron chi connectivity index (χ1n) is 8.70. The molecule has 1 N–H and O–H groups in total.